The summed E-state index contributed by atoms with van der Waals surface area (Å²) in [6, 6.07) is 44.2. The Bertz CT molecular complexity index is 2320. The van der Waals surface area contributed by atoms with Crippen LogP contribution < -0.4 is 0 Å². The van der Waals surface area contributed by atoms with Gasteiger partial charge in [0, 0.05) is 45.2 Å². The van der Waals surface area contributed by atoms with Gasteiger partial charge in [-0.1, -0.05) is 66.7 Å². The maximum absolute atomic E-state index is 9.43. The summed E-state index contributed by atoms with van der Waals surface area (Å²) in [4.78, 5) is 9.43. The van der Waals surface area contributed by atoms with Crippen molar-refractivity contribution in [3.63, 3.8) is 0 Å². The van der Waals surface area contributed by atoms with Gasteiger partial charge in [0.15, 0.2) is 0 Å². The molecule has 0 amide bonds. The number of hydrogen-bond donors (Lipinski definition) is 0. The molecule has 41 heavy (non-hydrogen) atoms. The highest BCUT2D eigenvalue weighted by molar-refractivity contribution is 6.11. The lowest BCUT2D eigenvalue weighted by molar-refractivity contribution is 1.18. The summed E-state index contributed by atoms with van der Waals surface area (Å²) >= 11 is 0. The third kappa shape index (κ3) is 3.76. The molecule has 8 aromatic rings. The SMILES string of the molecule is N#Cc1cccc(-c2ccc3c4cc(-c5cnc6c(ccc7cccnc76)c5)ccc4n(-c4ccccc4)c3c2)c1. The summed E-state index contributed by atoms with van der Waals surface area (Å²) in [5, 5.41) is 14.0. The topological polar surface area (TPSA) is 54.5 Å². The highest BCUT2D eigenvalue weighted by Crippen LogP contribution is 2.37. The van der Waals surface area contributed by atoms with Gasteiger partial charge in [-0.25, -0.2) is 0 Å². The van der Waals surface area contributed by atoms with E-state index in [2.05, 4.69) is 107 Å². The minimum atomic E-state index is 0.656. The zero-order valence-corrected chi connectivity index (χ0v) is 22.0. The van der Waals surface area contributed by atoms with Gasteiger partial charge in [0.25, 0.3) is 0 Å². The molecular formula is C37H22N4. The van der Waals surface area contributed by atoms with Crippen LogP contribution in [0.1, 0.15) is 5.56 Å². The van der Waals surface area contributed by atoms with Crippen LogP contribution in [-0.2, 0) is 0 Å². The monoisotopic (exact) mass is 522 g/mol. The number of para-hydroxylation sites is 1. The normalized spacial score (nSPS) is 11.4. The number of benzene rings is 5. The Morgan fingerprint density at radius 3 is 2.24 bits per heavy atom. The molecule has 190 valence electrons. The van der Waals surface area contributed by atoms with Crippen molar-refractivity contribution in [2.24, 2.45) is 0 Å². The van der Waals surface area contributed by atoms with Crippen molar-refractivity contribution in [3.05, 3.63) is 139 Å². The molecule has 4 heteroatoms. The Morgan fingerprint density at radius 2 is 1.34 bits per heavy atom. The van der Waals surface area contributed by atoms with Crippen molar-refractivity contribution in [1.29, 1.82) is 5.26 Å². The molecule has 0 saturated carbocycles. The molecular weight excluding hydrogens is 500 g/mol. The second kappa shape index (κ2) is 9.15. The number of hydrogen-bond acceptors (Lipinski definition) is 3. The van der Waals surface area contributed by atoms with E-state index in [-0.39, 0.29) is 0 Å². The van der Waals surface area contributed by atoms with E-state index in [4.69, 9.17) is 4.98 Å². The van der Waals surface area contributed by atoms with Crippen LogP contribution in [0.2, 0.25) is 0 Å². The van der Waals surface area contributed by atoms with E-state index >= 15 is 0 Å². The van der Waals surface area contributed by atoms with Gasteiger partial charge in [-0.05, 0) is 71.3 Å². The molecule has 3 aromatic heterocycles. The molecule has 0 unspecified atom stereocenters. The van der Waals surface area contributed by atoms with E-state index in [1.807, 2.05) is 42.7 Å². The van der Waals surface area contributed by atoms with Crippen LogP contribution in [0.4, 0.5) is 0 Å². The maximum atomic E-state index is 9.43. The molecule has 4 nitrogen and oxygen atoms in total. The second-order valence-corrected chi connectivity index (χ2v) is 10.3. The van der Waals surface area contributed by atoms with E-state index in [1.54, 1.807) is 0 Å². The van der Waals surface area contributed by atoms with Crippen LogP contribution in [0.15, 0.2) is 134 Å². The van der Waals surface area contributed by atoms with Crippen molar-refractivity contribution in [1.82, 2.24) is 14.5 Å². The fourth-order valence-electron chi connectivity index (χ4n) is 5.90. The van der Waals surface area contributed by atoms with Crippen molar-refractivity contribution >= 4 is 43.6 Å². The van der Waals surface area contributed by atoms with Crippen LogP contribution in [0.3, 0.4) is 0 Å². The molecule has 0 bridgehead atoms. The average Bonchev–Trinajstić information content (AvgIpc) is 3.37. The molecule has 0 aliphatic rings. The van der Waals surface area contributed by atoms with Crippen LogP contribution in [0.25, 0.3) is 71.6 Å². The lowest BCUT2D eigenvalue weighted by Gasteiger charge is -2.09. The first-order valence-electron chi connectivity index (χ1n) is 13.5. The van der Waals surface area contributed by atoms with E-state index in [0.29, 0.717) is 5.56 Å². The van der Waals surface area contributed by atoms with Gasteiger partial charge in [-0.3, -0.25) is 9.97 Å². The molecule has 0 radical (unpaired) electrons. The molecule has 0 fully saturated rings. The van der Waals surface area contributed by atoms with Gasteiger partial charge >= 0.3 is 0 Å². The fourth-order valence-corrected chi connectivity index (χ4v) is 5.90. The quantitative estimate of drug-likeness (QED) is 0.217. The van der Waals surface area contributed by atoms with Gasteiger partial charge < -0.3 is 4.57 Å². The third-order valence-corrected chi connectivity index (χ3v) is 7.86. The van der Waals surface area contributed by atoms with Gasteiger partial charge in [-0.2, -0.15) is 5.26 Å². The Hall–Kier alpha value is -5.79. The highest BCUT2D eigenvalue weighted by Gasteiger charge is 2.15. The van der Waals surface area contributed by atoms with E-state index < -0.39 is 0 Å². The van der Waals surface area contributed by atoms with Crippen LogP contribution in [0, 0.1) is 11.3 Å². The number of rotatable bonds is 3. The number of nitrogens with zero attached hydrogens (tertiary/aromatic N) is 4. The molecule has 5 aromatic carbocycles. The van der Waals surface area contributed by atoms with Crippen molar-refractivity contribution in [2.45, 2.75) is 0 Å². The van der Waals surface area contributed by atoms with Crippen molar-refractivity contribution in [3.8, 4) is 34.0 Å². The smallest absolute Gasteiger partial charge is 0.0991 e. The molecule has 0 aliphatic heterocycles. The summed E-state index contributed by atoms with van der Waals surface area (Å²) in [5.74, 6) is 0. The van der Waals surface area contributed by atoms with E-state index in [9.17, 15) is 5.26 Å². The van der Waals surface area contributed by atoms with Crippen molar-refractivity contribution in [2.75, 3.05) is 0 Å². The first-order valence-corrected chi connectivity index (χ1v) is 13.5. The third-order valence-electron chi connectivity index (χ3n) is 7.86. The van der Waals surface area contributed by atoms with Crippen LogP contribution in [-0.4, -0.2) is 14.5 Å². The number of nitriles is 1. The Balaban J connectivity index is 1.34. The van der Waals surface area contributed by atoms with E-state index in [1.165, 1.54) is 10.8 Å². The number of fused-ring (bicyclic) bond motifs is 6. The summed E-state index contributed by atoms with van der Waals surface area (Å²) in [6.45, 7) is 0. The van der Waals surface area contributed by atoms with Crippen molar-refractivity contribution < 1.29 is 0 Å². The standard InChI is InChI=1S/C37H22N4/c38-22-24-6-4-7-26(18-24)28-13-15-32-33-20-27(14-16-34(33)41(35(32)21-28)31-9-2-1-3-10-31)30-19-29-12-11-25-8-5-17-39-36(25)37(29)40-23-30/h1-21,23H. The van der Waals surface area contributed by atoms with Gasteiger partial charge in [-0.15, -0.1) is 0 Å². The minimum absolute atomic E-state index is 0.656. The maximum Gasteiger partial charge on any atom is 0.0991 e. The van der Waals surface area contributed by atoms with Crippen LogP contribution in [0.5, 0.6) is 0 Å². The molecule has 3 heterocycles. The first kappa shape index (κ1) is 23.1. The Kier molecular flexibility index (Phi) is 5.16. The lowest BCUT2D eigenvalue weighted by Crippen LogP contribution is -1.93. The predicted molar refractivity (Wildman–Crippen MR) is 167 cm³/mol. The fraction of sp³-hybridized carbons (Fsp3) is 0. The molecule has 8 rings (SSSR count). The highest BCUT2D eigenvalue weighted by atomic mass is 15.0. The average molecular weight is 523 g/mol. The largest absolute Gasteiger partial charge is 0.309 e. The molecule has 0 atom stereocenters. The molecule has 0 saturated heterocycles. The lowest BCUT2D eigenvalue weighted by atomic mass is 10.00. The minimum Gasteiger partial charge on any atom is -0.309 e. The Morgan fingerprint density at radius 1 is 0.537 bits per heavy atom. The predicted octanol–water partition coefficient (Wildman–Crippen LogP) is 9.09. The summed E-state index contributed by atoms with van der Waals surface area (Å²) in [6.07, 6.45) is 3.77. The zero-order chi connectivity index (χ0) is 27.3. The van der Waals surface area contributed by atoms with Crippen LogP contribution >= 0.6 is 0 Å². The molecule has 0 aliphatic carbocycles. The first-order chi connectivity index (χ1) is 20.3. The second-order valence-electron chi connectivity index (χ2n) is 10.3. The number of aromatic nitrogens is 3. The summed E-state index contributed by atoms with van der Waals surface area (Å²) in [5.41, 5.74) is 10.2. The number of pyridine rings is 2. The zero-order valence-electron chi connectivity index (χ0n) is 22.0. The summed E-state index contributed by atoms with van der Waals surface area (Å²) < 4.78 is 2.32. The molecule has 0 spiro atoms. The van der Waals surface area contributed by atoms with Gasteiger partial charge in [0.05, 0.1) is 33.7 Å². The summed E-state index contributed by atoms with van der Waals surface area (Å²) in [7, 11) is 0. The van der Waals surface area contributed by atoms with Gasteiger partial charge in [0.1, 0.15) is 0 Å². The molecule has 0 N–H and O–H groups in total. The van der Waals surface area contributed by atoms with Gasteiger partial charge in [0.2, 0.25) is 0 Å². The Labute approximate surface area is 236 Å². The van der Waals surface area contributed by atoms with E-state index in [0.717, 1.165) is 60.8 Å².